The van der Waals surface area contributed by atoms with Gasteiger partial charge in [-0.3, -0.25) is 0 Å². The van der Waals surface area contributed by atoms with E-state index in [0.29, 0.717) is 11.0 Å². The number of rotatable bonds is 1. The fourth-order valence-corrected chi connectivity index (χ4v) is 1.70. The van der Waals surface area contributed by atoms with Crippen LogP contribution < -0.4 is 0 Å². The molecule has 0 unspecified atom stereocenters. The second-order valence-corrected chi connectivity index (χ2v) is 5.05. The number of aromatic hydroxyl groups is 1. The third-order valence-corrected chi connectivity index (χ3v) is 2.72. The van der Waals surface area contributed by atoms with Crippen LogP contribution in [0.5, 0.6) is 5.75 Å². The lowest BCUT2D eigenvalue weighted by atomic mass is 9.86. The van der Waals surface area contributed by atoms with Crippen molar-refractivity contribution in [3.8, 4) is 5.75 Å². The summed E-state index contributed by atoms with van der Waals surface area (Å²) in [5.41, 5.74) is 1.33. The largest absolute Gasteiger partial charge is 0.504 e. The van der Waals surface area contributed by atoms with Crippen LogP contribution in [0.2, 0.25) is 0 Å². The molecule has 2 N–H and O–H groups in total. The molecule has 2 aromatic rings. The number of fused-ring (bicyclic) bond motifs is 1. The Labute approximate surface area is 98.5 Å². The van der Waals surface area contributed by atoms with E-state index < -0.39 is 11.7 Å². The van der Waals surface area contributed by atoms with Crippen molar-refractivity contribution in [2.75, 3.05) is 0 Å². The highest BCUT2D eigenvalue weighted by atomic mass is 16.4. The molecule has 0 fully saturated rings. The average Bonchev–Trinajstić information content (AvgIpc) is 2.54. The lowest BCUT2D eigenvalue weighted by molar-refractivity contribution is 0.0660. The third kappa shape index (κ3) is 1.86. The van der Waals surface area contributed by atoms with Gasteiger partial charge in [-0.1, -0.05) is 26.8 Å². The number of carbonyl (C=O) groups is 1. The minimum absolute atomic E-state index is 0.0682. The lowest BCUT2D eigenvalue weighted by Gasteiger charge is -2.18. The van der Waals surface area contributed by atoms with Gasteiger partial charge in [-0.25, -0.2) is 4.79 Å². The summed E-state index contributed by atoms with van der Waals surface area (Å²) in [5, 5.41) is 19.1. The Morgan fingerprint density at radius 2 is 1.94 bits per heavy atom. The van der Waals surface area contributed by atoms with Gasteiger partial charge in [0.2, 0.25) is 0 Å². The summed E-state index contributed by atoms with van der Waals surface area (Å²) in [4.78, 5) is 10.8. The van der Waals surface area contributed by atoms with Crippen LogP contribution in [0, 0.1) is 0 Å². The van der Waals surface area contributed by atoms with Gasteiger partial charge in [0.15, 0.2) is 5.75 Å². The van der Waals surface area contributed by atoms with Crippen LogP contribution in [0.4, 0.5) is 0 Å². The number of furan rings is 1. The number of carboxylic acid groups (broad SMARTS) is 1. The molecule has 1 aromatic heterocycles. The lowest BCUT2D eigenvalue weighted by Crippen LogP contribution is -2.10. The second kappa shape index (κ2) is 3.52. The maximum Gasteiger partial charge on any atom is 0.375 e. The first-order chi connectivity index (χ1) is 7.80. The Morgan fingerprint density at radius 1 is 1.29 bits per heavy atom. The molecule has 4 heteroatoms. The first-order valence-electron chi connectivity index (χ1n) is 5.30. The summed E-state index contributed by atoms with van der Waals surface area (Å²) in [6.45, 7) is 6.14. The highest BCUT2D eigenvalue weighted by Gasteiger charge is 2.21. The Hall–Kier alpha value is -1.97. The van der Waals surface area contributed by atoms with Crippen LogP contribution in [0.15, 0.2) is 22.6 Å². The molecule has 90 valence electrons. The second-order valence-electron chi connectivity index (χ2n) is 5.05. The molecule has 0 saturated carbocycles. The van der Waals surface area contributed by atoms with Crippen molar-refractivity contribution in [3.05, 3.63) is 29.5 Å². The molecule has 1 aromatic carbocycles. The van der Waals surface area contributed by atoms with Crippen molar-refractivity contribution < 1.29 is 19.4 Å². The molecule has 0 radical (unpaired) electrons. The normalized spacial score (nSPS) is 11.9. The van der Waals surface area contributed by atoms with Crippen LogP contribution in [0.25, 0.3) is 11.0 Å². The molecule has 0 spiro atoms. The topological polar surface area (TPSA) is 70.7 Å². The number of aromatic carboxylic acids is 1. The van der Waals surface area contributed by atoms with Gasteiger partial charge < -0.3 is 14.6 Å². The predicted molar refractivity (Wildman–Crippen MR) is 63.5 cm³/mol. The molecule has 0 aliphatic heterocycles. The Kier molecular flexibility index (Phi) is 2.38. The van der Waals surface area contributed by atoms with Crippen molar-refractivity contribution in [1.82, 2.24) is 0 Å². The third-order valence-electron chi connectivity index (χ3n) is 2.72. The van der Waals surface area contributed by atoms with Crippen LogP contribution in [0.3, 0.4) is 0 Å². The highest BCUT2D eigenvalue weighted by molar-refractivity contribution is 5.97. The van der Waals surface area contributed by atoms with Crippen LogP contribution >= 0.6 is 0 Å². The number of hydrogen-bond acceptors (Lipinski definition) is 3. The number of hydrogen-bond donors (Lipinski definition) is 2. The van der Waals surface area contributed by atoms with E-state index in [2.05, 4.69) is 0 Å². The molecule has 2 rings (SSSR count). The van der Waals surface area contributed by atoms with Crippen molar-refractivity contribution in [1.29, 1.82) is 0 Å². The molecular weight excluding hydrogens is 220 g/mol. The van der Waals surface area contributed by atoms with E-state index in [-0.39, 0.29) is 11.2 Å². The summed E-state index contributed by atoms with van der Waals surface area (Å²) in [6, 6.07) is 5.32. The van der Waals surface area contributed by atoms with Crippen molar-refractivity contribution in [2.24, 2.45) is 0 Å². The molecule has 0 amide bonds. The Morgan fingerprint density at radius 3 is 2.47 bits per heavy atom. The first kappa shape index (κ1) is 11.5. The molecule has 0 saturated heterocycles. The SMILES string of the molecule is CC(C)(C)c1ccc2oc(C(=O)O)c(O)c2c1. The molecule has 0 aliphatic carbocycles. The van der Waals surface area contributed by atoms with Gasteiger partial charge in [-0.05, 0) is 23.1 Å². The fraction of sp³-hybridized carbons (Fsp3) is 0.308. The number of carboxylic acids is 1. The monoisotopic (exact) mass is 234 g/mol. The number of benzene rings is 1. The first-order valence-corrected chi connectivity index (χ1v) is 5.30. The van der Waals surface area contributed by atoms with E-state index in [1.165, 1.54) is 0 Å². The van der Waals surface area contributed by atoms with E-state index in [1.54, 1.807) is 12.1 Å². The molecule has 0 aliphatic rings. The minimum Gasteiger partial charge on any atom is -0.504 e. The van der Waals surface area contributed by atoms with E-state index in [1.807, 2.05) is 26.8 Å². The zero-order valence-corrected chi connectivity index (χ0v) is 9.94. The Bertz CT molecular complexity index is 587. The smallest absolute Gasteiger partial charge is 0.375 e. The summed E-state index contributed by atoms with van der Waals surface area (Å²) in [6.07, 6.45) is 0. The van der Waals surface area contributed by atoms with Gasteiger partial charge in [-0.2, -0.15) is 0 Å². The Balaban J connectivity index is 2.70. The molecular formula is C13H14O4. The summed E-state index contributed by atoms with van der Waals surface area (Å²) >= 11 is 0. The van der Waals surface area contributed by atoms with E-state index >= 15 is 0 Å². The van der Waals surface area contributed by atoms with Crippen LogP contribution in [-0.4, -0.2) is 16.2 Å². The summed E-state index contributed by atoms with van der Waals surface area (Å²) < 4.78 is 5.08. The van der Waals surface area contributed by atoms with Gasteiger partial charge in [0.05, 0.1) is 5.39 Å². The standard InChI is InChI=1S/C13H14O4/c1-13(2,3)7-4-5-9-8(6-7)10(14)11(17-9)12(15)16/h4-6,14H,1-3H3,(H,15,16). The summed E-state index contributed by atoms with van der Waals surface area (Å²) in [5.74, 6) is -1.99. The highest BCUT2D eigenvalue weighted by Crippen LogP contribution is 2.35. The predicted octanol–water partition coefficient (Wildman–Crippen LogP) is 3.13. The van der Waals surface area contributed by atoms with E-state index in [0.717, 1.165) is 5.56 Å². The average molecular weight is 234 g/mol. The van der Waals surface area contributed by atoms with Crippen molar-refractivity contribution in [2.45, 2.75) is 26.2 Å². The van der Waals surface area contributed by atoms with Crippen molar-refractivity contribution >= 4 is 16.9 Å². The zero-order chi connectivity index (χ0) is 12.8. The minimum atomic E-state index is -1.27. The van der Waals surface area contributed by atoms with E-state index in [9.17, 15) is 9.90 Å². The van der Waals surface area contributed by atoms with Crippen LogP contribution in [-0.2, 0) is 5.41 Å². The zero-order valence-electron chi connectivity index (χ0n) is 9.94. The summed E-state index contributed by atoms with van der Waals surface area (Å²) in [7, 11) is 0. The molecule has 0 atom stereocenters. The maximum atomic E-state index is 10.8. The van der Waals surface area contributed by atoms with Gasteiger partial charge >= 0.3 is 5.97 Å². The molecule has 0 bridgehead atoms. The van der Waals surface area contributed by atoms with E-state index in [4.69, 9.17) is 9.52 Å². The molecule has 17 heavy (non-hydrogen) atoms. The van der Waals surface area contributed by atoms with Crippen molar-refractivity contribution in [3.63, 3.8) is 0 Å². The van der Waals surface area contributed by atoms with Gasteiger partial charge in [-0.15, -0.1) is 0 Å². The maximum absolute atomic E-state index is 10.8. The molecule has 1 heterocycles. The van der Waals surface area contributed by atoms with Gasteiger partial charge in [0.1, 0.15) is 5.58 Å². The quantitative estimate of drug-likeness (QED) is 0.795. The van der Waals surface area contributed by atoms with Gasteiger partial charge in [0.25, 0.3) is 5.76 Å². The van der Waals surface area contributed by atoms with Gasteiger partial charge in [0, 0.05) is 0 Å². The molecule has 4 nitrogen and oxygen atoms in total. The fourth-order valence-electron chi connectivity index (χ4n) is 1.70. The van der Waals surface area contributed by atoms with Crippen LogP contribution in [0.1, 0.15) is 36.9 Å².